The van der Waals surface area contributed by atoms with Crippen LogP contribution in [0.15, 0.2) is 0 Å². The highest BCUT2D eigenvalue weighted by atomic mass is 32.1. The number of likely N-dealkylation sites (tertiary alicyclic amines) is 2. The molecule has 1 aromatic heterocycles. The summed E-state index contributed by atoms with van der Waals surface area (Å²) in [6.07, 6.45) is 5.69. The van der Waals surface area contributed by atoms with Crippen molar-refractivity contribution >= 4 is 17.2 Å². The lowest BCUT2D eigenvalue weighted by Crippen LogP contribution is -2.51. The van der Waals surface area contributed by atoms with Crippen molar-refractivity contribution in [1.82, 2.24) is 14.8 Å². The topological polar surface area (TPSA) is 36.4 Å². The van der Waals surface area contributed by atoms with Crippen LogP contribution in [0.1, 0.15) is 53.6 Å². The van der Waals surface area contributed by atoms with Gasteiger partial charge in [0, 0.05) is 23.9 Å². The van der Waals surface area contributed by atoms with E-state index < -0.39 is 0 Å². The Bertz CT molecular complexity index is 523. The Labute approximate surface area is 137 Å². The fourth-order valence-electron chi connectivity index (χ4n) is 3.65. The molecule has 0 N–H and O–H groups in total. The summed E-state index contributed by atoms with van der Waals surface area (Å²) in [6, 6.07) is 0.104. The van der Waals surface area contributed by atoms with E-state index in [1.54, 1.807) is 0 Å². The zero-order valence-corrected chi connectivity index (χ0v) is 14.8. The monoisotopic (exact) mass is 321 g/mol. The van der Waals surface area contributed by atoms with E-state index in [2.05, 4.69) is 30.7 Å². The van der Waals surface area contributed by atoms with Crippen molar-refractivity contribution in [2.24, 2.45) is 0 Å². The fourth-order valence-corrected chi connectivity index (χ4v) is 4.70. The number of carbonyl (C=O) groups is 1. The Balaban J connectivity index is 1.68. The molecule has 5 heteroatoms. The third kappa shape index (κ3) is 3.20. The molecule has 22 heavy (non-hydrogen) atoms. The van der Waals surface area contributed by atoms with Crippen molar-refractivity contribution in [3.05, 3.63) is 15.6 Å². The number of amides is 1. The summed E-state index contributed by atoms with van der Waals surface area (Å²) >= 11 is 1.81. The molecule has 0 unspecified atom stereocenters. The number of hydrogen-bond donors (Lipinski definition) is 0. The lowest BCUT2D eigenvalue weighted by molar-refractivity contribution is -0.138. The minimum absolute atomic E-state index is 0.104. The average Bonchev–Trinajstić information content (AvgIpc) is 2.87. The number of aromatic nitrogens is 1. The molecular weight excluding hydrogens is 294 g/mol. The first-order valence-corrected chi connectivity index (χ1v) is 9.31. The van der Waals surface area contributed by atoms with Gasteiger partial charge in [0.2, 0.25) is 5.91 Å². The standard InChI is InChI=1S/C17H27N3OS/c1-12-13(2)22-16(18-12)14-7-6-10-20(11-14)17(21)15-8-4-5-9-19(15)3/h14-15H,4-11H2,1-3H3/t14-,15+/m1/s1. The summed E-state index contributed by atoms with van der Waals surface area (Å²) in [6.45, 7) is 7.05. The number of hydrogen-bond acceptors (Lipinski definition) is 4. The van der Waals surface area contributed by atoms with Crippen LogP contribution in [0, 0.1) is 13.8 Å². The molecule has 2 saturated heterocycles. The van der Waals surface area contributed by atoms with Crippen LogP contribution < -0.4 is 0 Å². The van der Waals surface area contributed by atoms with Gasteiger partial charge in [-0.25, -0.2) is 4.98 Å². The Morgan fingerprint density at radius 1 is 1.18 bits per heavy atom. The third-order valence-corrected chi connectivity index (χ3v) is 6.42. The molecule has 0 aromatic carbocycles. The Morgan fingerprint density at radius 2 is 2.00 bits per heavy atom. The predicted octanol–water partition coefficient (Wildman–Crippen LogP) is 2.95. The van der Waals surface area contributed by atoms with Crippen LogP contribution in [0.25, 0.3) is 0 Å². The van der Waals surface area contributed by atoms with Crippen LogP contribution >= 0.6 is 11.3 Å². The summed E-state index contributed by atoms with van der Waals surface area (Å²) in [5.74, 6) is 0.779. The van der Waals surface area contributed by atoms with E-state index in [1.165, 1.54) is 22.7 Å². The molecule has 0 saturated carbocycles. The van der Waals surface area contributed by atoms with Crippen LogP contribution in [0.5, 0.6) is 0 Å². The second kappa shape index (κ2) is 6.67. The van der Waals surface area contributed by atoms with Gasteiger partial charge in [0.05, 0.1) is 16.7 Å². The molecule has 2 aliphatic heterocycles. The lowest BCUT2D eigenvalue weighted by atomic mass is 9.96. The molecule has 4 nitrogen and oxygen atoms in total. The van der Waals surface area contributed by atoms with Gasteiger partial charge in [0.15, 0.2) is 0 Å². The van der Waals surface area contributed by atoms with Crippen molar-refractivity contribution < 1.29 is 4.79 Å². The van der Waals surface area contributed by atoms with Crippen molar-refractivity contribution in [1.29, 1.82) is 0 Å². The number of nitrogens with zero attached hydrogens (tertiary/aromatic N) is 3. The van der Waals surface area contributed by atoms with Gasteiger partial charge in [-0.15, -0.1) is 11.3 Å². The second-order valence-electron chi connectivity index (χ2n) is 6.81. The number of thiazole rings is 1. The van der Waals surface area contributed by atoms with Crippen LogP contribution in [-0.2, 0) is 4.79 Å². The highest BCUT2D eigenvalue weighted by Gasteiger charge is 2.33. The van der Waals surface area contributed by atoms with Gasteiger partial charge in [0.25, 0.3) is 0 Å². The molecular formula is C17H27N3OS. The normalized spacial score (nSPS) is 27.1. The van der Waals surface area contributed by atoms with Gasteiger partial charge in [0.1, 0.15) is 0 Å². The van der Waals surface area contributed by atoms with E-state index >= 15 is 0 Å². The van der Waals surface area contributed by atoms with Crippen molar-refractivity contribution in [2.75, 3.05) is 26.7 Å². The molecule has 3 rings (SSSR count). The average molecular weight is 321 g/mol. The maximum atomic E-state index is 12.9. The van der Waals surface area contributed by atoms with Gasteiger partial charge in [-0.1, -0.05) is 6.42 Å². The molecule has 0 bridgehead atoms. The third-order valence-electron chi connectivity index (χ3n) is 5.18. The van der Waals surface area contributed by atoms with Crippen LogP contribution in [0.2, 0.25) is 0 Å². The largest absolute Gasteiger partial charge is 0.341 e. The smallest absolute Gasteiger partial charge is 0.239 e. The SMILES string of the molecule is Cc1nc([C@@H]2CCCN(C(=O)[C@@H]3CCCCN3C)C2)sc1C. The van der Waals surface area contributed by atoms with Gasteiger partial charge in [-0.05, 0) is 53.1 Å². The van der Waals surface area contributed by atoms with Gasteiger partial charge in [-0.3, -0.25) is 9.69 Å². The fraction of sp³-hybridized carbons (Fsp3) is 0.765. The first kappa shape index (κ1) is 15.9. The van der Waals surface area contributed by atoms with Crippen LogP contribution in [0.3, 0.4) is 0 Å². The van der Waals surface area contributed by atoms with E-state index in [1.807, 2.05) is 11.3 Å². The Morgan fingerprint density at radius 3 is 2.68 bits per heavy atom. The highest BCUT2D eigenvalue weighted by molar-refractivity contribution is 7.11. The summed E-state index contributed by atoms with van der Waals surface area (Å²) in [4.78, 5) is 23.3. The minimum atomic E-state index is 0.104. The molecule has 0 spiro atoms. The zero-order valence-electron chi connectivity index (χ0n) is 14.0. The predicted molar refractivity (Wildman–Crippen MR) is 90.4 cm³/mol. The second-order valence-corrected chi connectivity index (χ2v) is 8.04. The molecule has 122 valence electrons. The quantitative estimate of drug-likeness (QED) is 0.840. The highest BCUT2D eigenvalue weighted by Crippen LogP contribution is 2.32. The summed E-state index contributed by atoms with van der Waals surface area (Å²) < 4.78 is 0. The Kier molecular flexibility index (Phi) is 4.83. The summed E-state index contributed by atoms with van der Waals surface area (Å²) in [5, 5.41) is 1.23. The molecule has 1 amide bonds. The molecule has 3 heterocycles. The van der Waals surface area contributed by atoms with Crippen molar-refractivity contribution in [3.8, 4) is 0 Å². The van der Waals surface area contributed by atoms with Crippen LogP contribution in [-0.4, -0.2) is 53.4 Å². The van der Waals surface area contributed by atoms with E-state index in [0.29, 0.717) is 11.8 Å². The molecule has 2 aliphatic rings. The molecule has 1 aromatic rings. The number of carbonyl (C=O) groups excluding carboxylic acids is 1. The van der Waals surface area contributed by atoms with E-state index in [-0.39, 0.29) is 6.04 Å². The van der Waals surface area contributed by atoms with E-state index in [0.717, 1.165) is 44.6 Å². The Hall–Kier alpha value is -0.940. The number of piperidine rings is 2. The summed E-state index contributed by atoms with van der Waals surface area (Å²) in [7, 11) is 2.09. The lowest BCUT2D eigenvalue weighted by Gasteiger charge is -2.38. The van der Waals surface area contributed by atoms with Crippen molar-refractivity contribution in [2.45, 2.75) is 57.9 Å². The first-order valence-electron chi connectivity index (χ1n) is 8.49. The molecule has 2 fully saturated rings. The van der Waals surface area contributed by atoms with Crippen molar-refractivity contribution in [3.63, 3.8) is 0 Å². The van der Waals surface area contributed by atoms with Gasteiger partial charge in [-0.2, -0.15) is 0 Å². The molecule has 0 aliphatic carbocycles. The zero-order chi connectivity index (χ0) is 15.7. The minimum Gasteiger partial charge on any atom is -0.341 e. The van der Waals surface area contributed by atoms with E-state index in [9.17, 15) is 4.79 Å². The maximum absolute atomic E-state index is 12.9. The number of rotatable bonds is 2. The van der Waals surface area contributed by atoms with E-state index in [4.69, 9.17) is 4.98 Å². The number of likely N-dealkylation sites (N-methyl/N-ethyl adjacent to an activating group) is 1. The summed E-state index contributed by atoms with van der Waals surface area (Å²) in [5.41, 5.74) is 1.15. The maximum Gasteiger partial charge on any atom is 0.239 e. The van der Waals surface area contributed by atoms with Gasteiger partial charge >= 0.3 is 0 Å². The molecule has 2 atom stereocenters. The number of aryl methyl sites for hydroxylation is 2. The first-order chi connectivity index (χ1) is 10.6. The molecule has 0 radical (unpaired) electrons. The van der Waals surface area contributed by atoms with Gasteiger partial charge < -0.3 is 4.90 Å². The van der Waals surface area contributed by atoms with Crippen LogP contribution in [0.4, 0.5) is 0 Å².